The van der Waals surface area contributed by atoms with Crippen LogP contribution in [0.1, 0.15) is 21.9 Å². The van der Waals surface area contributed by atoms with Crippen LogP contribution in [0.25, 0.3) is 5.69 Å². The van der Waals surface area contributed by atoms with E-state index in [0.29, 0.717) is 4.57 Å². The predicted octanol–water partition coefficient (Wildman–Crippen LogP) is 4.15. The Morgan fingerprint density at radius 1 is 1.14 bits per heavy atom. The monoisotopic (exact) mass is 368 g/mol. The number of imidazole rings is 1. The number of aldehydes is 1. The molecule has 112 valence electrons. The van der Waals surface area contributed by atoms with Crippen molar-refractivity contribution >= 4 is 22.2 Å². The fourth-order valence-electron chi connectivity index (χ4n) is 1.81. The molecule has 0 fully saturated rings. The smallest absolute Gasteiger partial charge is 0.296 e. The molecule has 1 heterocycles. The molecule has 0 aliphatic carbocycles. The number of rotatable bonds is 3. The first-order valence-corrected chi connectivity index (χ1v) is 6.22. The minimum absolute atomic E-state index is 0.155. The SMILES string of the molecule is O=Cc1cnc(C(F)(F)Br)n1-c1ccccc1C(F)(F)F. The summed E-state index contributed by atoms with van der Waals surface area (Å²) in [6.07, 6.45) is -3.83. The second-order valence-corrected chi connectivity index (χ2v) is 4.97. The van der Waals surface area contributed by atoms with E-state index in [9.17, 15) is 26.7 Å². The van der Waals surface area contributed by atoms with Crippen LogP contribution < -0.4 is 0 Å². The van der Waals surface area contributed by atoms with Gasteiger partial charge in [-0.25, -0.2) is 4.98 Å². The number of para-hydroxylation sites is 1. The highest BCUT2D eigenvalue weighted by atomic mass is 79.9. The summed E-state index contributed by atoms with van der Waals surface area (Å²) < 4.78 is 66.3. The number of benzene rings is 1. The molecular weight excluding hydrogens is 363 g/mol. The summed E-state index contributed by atoms with van der Waals surface area (Å²) in [7, 11) is 0. The number of hydrogen-bond donors (Lipinski definition) is 0. The number of halogens is 6. The molecule has 0 aliphatic rings. The molecule has 2 rings (SSSR count). The molecule has 0 N–H and O–H groups in total. The minimum Gasteiger partial charge on any atom is -0.296 e. The van der Waals surface area contributed by atoms with Gasteiger partial charge in [0.1, 0.15) is 5.69 Å². The van der Waals surface area contributed by atoms with E-state index in [4.69, 9.17) is 0 Å². The van der Waals surface area contributed by atoms with Gasteiger partial charge in [-0.15, -0.1) is 0 Å². The summed E-state index contributed by atoms with van der Waals surface area (Å²) in [4.78, 5) is 10.5. The van der Waals surface area contributed by atoms with Crippen molar-refractivity contribution in [2.75, 3.05) is 0 Å². The van der Waals surface area contributed by atoms with Crippen LogP contribution >= 0.6 is 15.9 Å². The van der Waals surface area contributed by atoms with Gasteiger partial charge in [0.2, 0.25) is 0 Å². The zero-order valence-electron chi connectivity index (χ0n) is 10.0. The Hall–Kier alpha value is -1.77. The van der Waals surface area contributed by atoms with Crippen molar-refractivity contribution in [2.45, 2.75) is 11.0 Å². The number of carbonyl (C=O) groups is 1. The summed E-state index contributed by atoms with van der Waals surface area (Å²) in [5.41, 5.74) is -2.16. The van der Waals surface area contributed by atoms with Crippen LogP contribution in [0.15, 0.2) is 30.5 Å². The normalized spacial score (nSPS) is 12.5. The molecule has 3 nitrogen and oxygen atoms in total. The molecule has 0 unspecified atom stereocenters. The molecule has 0 amide bonds. The van der Waals surface area contributed by atoms with Crippen LogP contribution in [0, 0.1) is 0 Å². The van der Waals surface area contributed by atoms with Gasteiger partial charge < -0.3 is 0 Å². The first-order chi connectivity index (χ1) is 9.66. The van der Waals surface area contributed by atoms with Crippen molar-refractivity contribution in [3.05, 3.63) is 47.5 Å². The molecule has 0 bridgehead atoms. The summed E-state index contributed by atoms with van der Waals surface area (Å²) in [5, 5.41) is 0. The Morgan fingerprint density at radius 3 is 2.29 bits per heavy atom. The molecule has 21 heavy (non-hydrogen) atoms. The third-order valence-electron chi connectivity index (χ3n) is 2.61. The molecule has 0 saturated heterocycles. The highest BCUT2D eigenvalue weighted by Gasteiger charge is 2.38. The number of alkyl halides is 6. The topological polar surface area (TPSA) is 34.9 Å². The summed E-state index contributed by atoms with van der Waals surface area (Å²) in [6.45, 7) is 0. The van der Waals surface area contributed by atoms with Gasteiger partial charge in [-0.05, 0) is 28.1 Å². The van der Waals surface area contributed by atoms with E-state index in [1.807, 2.05) is 15.9 Å². The summed E-state index contributed by atoms with van der Waals surface area (Å²) >= 11 is 2.04. The third kappa shape index (κ3) is 2.97. The van der Waals surface area contributed by atoms with Crippen LogP contribution in [0.5, 0.6) is 0 Å². The minimum atomic E-state index is -4.76. The quantitative estimate of drug-likeness (QED) is 0.463. The van der Waals surface area contributed by atoms with Gasteiger partial charge in [0.15, 0.2) is 12.1 Å². The maximum Gasteiger partial charge on any atom is 0.418 e. The van der Waals surface area contributed by atoms with Crippen LogP contribution in [-0.2, 0) is 11.0 Å². The van der Waals surface area contributed by atoms with Crippen LogP contribution in [-0.4, -0.2) is 15.8 Å². The van der Waals surface area contributed by atoms with Crippen LogP contribution in [0.4, 0.5) is 22.0 Å². The lowest BCUT2D eigenvalue weighted by atomic mass is 10.1. The second-order valence-electron chi connectivity index (χ2n) is 3.97. The largest absolute Gasteiger partial charge is 0.418 e. The molecule has 0 radical (unpaired) electrons. The van der Waals surface area contributed by atoms with Crippen molar-refractivity contribution in [3.8, 4) is 5.69 Å². The lowest BCUT2D eigenvalue weighted by Gasteiger charge is -2.17. The zero-order chi connectivity index (χ0) is 15.8. The molecule has 2 aromatic rings. The van der Waals surface area contributed by atoms with Gasteiger partial charge in [-0.2, -0.15) is 22.0 Å². The Bertz CT molecular complexity index is 675. The van der Waals surface area contributed by atoms with Gasteiger partial charge in [0.05, 0.1) is 17.4 Å². The van der Waals surface area contributed by atoms with Crippen LogP contribution in [0.3, 0.4) is 0 Å². The molecule has 0 saturated carbocycles. The molecule has 9 heteroatoms. The Morgan fingerprint density at radius 2 is 1.76 bits per heavy atom. The fraction of sp³-hybridized carbons (Fsp3) is 0.167. The van der Waals surface area contributed by atoms with E-state index in [0.717, 1.165) is 24.4 Å². The van der Waals surface area contributed by atoms with Crippen molar-refractivity contribution in [1.29, 1.82) is 0 Å². The molecular formula is C12H6BrF5N2O. The van der Waals surface area contributed by atoms with Crippen LogP contribution in [0.2, 0.25) is 0 Å². The number of aromatic nitrogens is 2. The predicted molar refractivity (Wildman–Crippen MR) is 66.8 cm³/mol. The summed E-state index contributed by atoms with van der Waals surface area (Å²) in [5.74, 6) is -1.01. The standard InChI is InChI=1S/C12H6BrF5N2O/c13-11(14,15)10-19-5-7(6-21)20(10)9-4-2-1-3-8(9)12(16,17)18/h1-6H. The molecule has 1 aromatic carbocycles. The maximum atomic E-state index is 13.4. The van der Waals surface area contributed by atoms with Gasteiger partial charge >= 0.3 is 11.0 Å². The highest BCUT2D eigenvalue weighted by molar-refractivity contribution is 9.09. The average molecular weight is 369 g/mol. The van der Waals surface area contributed by atoms with Gasteiger partial charge in [0, 0.05) is 0 Å². The number of carbonyl (C=O) groups excluding carboxylic acids is 1. The van der Waals surface area contributed by atoms with E-state index >= 15 is 0 Å². The zero-order valence-corrected chi connectivity index (χ0v) is 11.6. The third-order valence-corrected chi connectivity index (χ3v) is 2.97. The Kier molecular flexibility index (Phi) is 3.87. The van der Waals surface area contributed by atoms with E-state index in [1.54, 1.807) is 0 Å². The van der Waals surface area contributed by atoms with Gasteiger partial charge in [-0.1, -0.05) is 12.1 Å². The molecule has 0 spiro atoms. The second kappa shape index (κ2) is 5.21. The molecule has 0 atom stereocenters. The maximum absolute atomic E-state index is 13.4. The van der Waals surface area contributed by atoms with E-state index in [-0.39, 0.29) is 6.29 Å². The van der Waals surface area contributed by atoms with E-state index < -0.39 is 33.8 Å². The lowest BCUT2D eigenvalue weighted by Crippen LogP contribution is -2.18. The van der Waals surface area contributed by atoms with Crippen molar-refractivity contribution < 1.29 is 26.7 Å². The first-order valence-electron chi connectivity index (χ1n) is 5.43. The average Bonchev–Trinajstić information content (AvgIpc) is 2.81. The number of nitrogens with zero attached hydrogens (tertiary/aromatic N) is 2. The fourth-order valence-corrected chi connectivity index (χ4v) is 2.09. The van der Waals surface area contributed by atoms with Crippen molar-refractivity contribution in [3.63, 3.8) is 0 Å². The van der Waals surface area contributed by atoms with Crippen molar-refractivity contribution in [2.24, 2.45) is 0 Å². The van der Waals surface area contributed by atoms with Crippen molar-refractivity contribution in [1.82, 2.24) is 9.55 Å². The molecule has 0 aliphatic heterocycles. The Labute approximate surface area is 123 Å². The highest BCUT2D eigenvalue weighted by Crippen LogP contribution is 2.39. The van der Waals surface area contributed by atoms with E-state index in [2.05, 4.69) is 4.98 Å². The van der Waals surface area contributed by atoms with Gasteiger partial charge in [0.25, 0.3) is 0 Å². The number of hydrogen-bond acceptors (Lipinski definition) is 2. The Balaban J connectivity index is 2.79. The van der Waals surface area contributed by atoms with Gasteiger partial charge in [-0.3, -0.25) is 9.36 Å². The first kappa shape index (κ1) is 15.6. The summed E-state index contributed by atoms with van der Waals surface area (Å²) in [6, 6.07) is 4.09. The molecule has 1 aromatic heterocycles. The lowest BCUT2D eigenvalue weighted by molar-refractivity contribution is -0.137. The van der Waals surface area contributed by atoms with E-state index in [1.165, 1.54) is 6.07 Å².